The fourth-order valence-corrected chi connectivity index (χ4v) is 3.90. The van der Waals surface area contributed by atoms with Gasteiger partial charge in [0, 0.05) is 5.41 Å². The molecule has 0 aromatic carbocycles. The average molecular weight is 265 g/mol. The molecule has 13 heavy (non-hydrogen) atoms. The van der Waals surface area contributed by atoms with Crippen LogP contribution >= 0.6 is 41.4 Å². The second-order valence-electron chi connectivity index (χ2n) is 1.80. The van der Waals surface area contributed by atoms with Crippen molar-refractivity contribution in [3.8, 4) is 0 Å². The van der Waals surface area contributed by atoms with E-state index in [0.29, 0.717) is 13.2 Å². The van der Waals surface area contributed by atoms with Crippen LogP contribution in [0.15, 0.2) is 9.90 Å². The Balaban J connectivity index is 4.24. The molecule has 0 spiro atoms. The van der Waals surface area contributed by atoms with Crippen molar-refractivity contribution in [3.63, 3.8) is 0 Å². The van der Waals surface area contributed by atoms with E-state index in [1.54, 1.807) is 13.8 Å². The van der Waals surface area contributed by atoms with E-state index in [0.717, 1.165) is 11.4 Å². The molecule has 78 valence electrons. The highest BCUT2D eigenvalue weighted by Gasteiger charge is 2.23. The Hall–Kier alpha value is 0.820. The third-order valence-electron chi connectivity index (χ3n) is 0.845. The summed E-state index contributed by atoms with van der Waals surface area (Å²) in [4.78, 5) is 0. The molecule has 0 unspecified atom stereocenters. The predicted octanol–water partition coefficient (Wildman–Crippen LogP) is 4.18. The van der Waals surface area contributed by atoms with Crippen molar-refractivity contribution in [3.05, 3.63) is 9.90 Å². The third kappa shape index (κ3) is 6.83. The highest BCUT2D eigenvalue weighted by molar-refractivity contribution is 8.56. The van der Waals surface area contributed by atoms with Gasteiger partial charge in [-0.3, -0.25) is 0 Å². The molecule has 0 atom stereocenters. The van der Waals surface area contributed by atoms with Gasteiger partial charge in [0.1, 0.15) is 4.49 Å². The van der Waals surface area contributed by atoms with E-state index in [4.69, 9.17) is 32.2 Å². The van der Waals surface area contributed by atoms with Crippen LogP contribution in [0.1, 0.15) is 13.8 Å². The largest absolute Gasteiger partial charge is 0.393 e. The Morgan fingerprint density at radius 2 is 1.85 bits per heavy atom. The van der Waals surface area contributed by atoms with E-state index in [-0.39, 0.29) is 4.49 Å². The molecule has 0 aliphatic rings. The summed E-state index contributed by atoms with van der Waals surface area (Å²) in [6, 6.07) is 0. The van der Waals surface area contributed by atoms with Crippen LogP contribution in [0.25, 0.3) is 0 Å². The van der Waals surface area contributed by atoms with E-state index in [1.807, 2.05) is 0 Å². The number of hydrogen-bond acceptors (Lipinski definition) is 4. The first-order chi connectivity index (χ1) is 6.04. The zero-order valence-electron chi connectivity index (χ0n) is 7.33. The summed E-state index contributed by atoms with van der Waals surface area (Å²) in [5.41, 5.74) is 0. The maximum atomic E-state index is 11.7. The van der Waals surface area contributed by atoms with Gasteiger partial charge in [-0.15, -0.1) is 0 Å². The highest BCUT2D eigenvalue weighted by Crippen LogP contribution is 2.61. The van der Waals surface area contributed by atoms with Gasteiger partial charge in [-0.2, -0.15) is 0 Å². The lowest BCUT2D eigenvalue weighted by Gasteiger charge is -2.13. The lowest BCUT2D eigenvalue weighted by Crippen LogP contribution is -1.90. The van der Waals surface area contributed by atoms with E-state index in [9.17, 15) is 4.57 Å². The van der Waals surface area contributed by atoms with Crippen molar-refractivity contribution in [2.45, 2.75) is 13.8 Å². The van der Waals surface area contributed by atoms with Crippen molar-refractivity contribution in [2.75, 3.05) is 13.2 Å². The Morgan fingerprint density at radius 1 is 1.38 bits per heavy atom. The first-order valence-corrected chi connectivity index (χ1v) is 7.41. The second-order valence-corrected chi connectivity index (χ2v) is 6.63. The molecular formula is C6H11Cl2O3PS. The summed E-state index contributed by atoms with van der Waals surface area (Å²) < 4.78 is 21.6. The molecule has 0 N–H and O–H groups in total. The summed E-state index contributed by atoms with van der Waals surface area (Å²) >= 11 is 11.6. The van der Waals surface area contributed by atoms with E-state index in [1.165, 1.54) is 5.41 Å². The SMILES string of the molecule is CCOP(=O)(OCC)SC=C(Cl)Cl. The molecule has 0 aromatic rings. The lowest BCUT2D eigenvalue weighted by molar-refractivity contribution is 0.237. The Bertz CT molecular complexity index is 208. The molecule has 0 aliphatic heterocycles. The predicted molar refractivity (Wildman–Crippen MR) is 58.2 cm³/mol. The van der Waals surface area contributed by atoms with Crippen molar-refractivity contribution >= 4 is 41.4 Å². The van der Waals surface area contributed by atoms with Crippen LogP contribution in [0.5, 0.6) is 0 Å². The molecule has 0 saturated carbocycles. The molecule has 0 heterocycles. The second kappa shape index (κ2) is 7.16. The van der Waals surface area contributed by atoms with Gasteiger partial charge in [-0.1, -0.05) is 23.2 Å². The number of rotatable bonds is 6. The van der Waals surface area contributed by atoms with E-state index >= 15 is 0 Å². The fourth-order valence-electron chi connectivity index (χ4n) is 0.519. The smallest absolute Gasteiger partial charge is 0.301 e. The van der Waals surface area contributed by atoms with Crippen molar-refractivity contribution < 1.29 is 13.6 Å². The summed E-state index contributed by atoms with van der Waals surface area (Å²) in [5, 5.41) is 1.33. The van der Waals surface area contributed by atoms with Crippen LogP contribution in [-0.4, -0.2) is 13.2 Å². The molecule has 0 aliphatic carbocycles. The van der Waals surface area contributed by atoms with Crippen LogP contribution in [0.3, 0.4) is 0 Å². The third-order valence-corrected chi connectivity index (χ3v) is 4.79. The molecule has 0 aromatic heterocycles. The molecule has 0 saturated heterocycles. The first kappa shape index (κ1) is 13.8. The van der Waals surface area contributed by atoms with Gasteiger partial charge >= 0.3 is 6.80 Å². The standard InChI is InChI=1S/C6H11Cl2O3PS/c1-3-10-12(9,11-4-2)13-5-6(7)8/h5H,3-4H2,1-2H3. The zero-order chi connectivity index (χ0) is 10.3. The summed E-state index contributed by atoms with van der Waals surface area (Å²) in [5.74, 6) is 0. The summed E-state index contributed by atoms with van der Waals surface area (Å²) in [6.45, 7) is 1.00. The maximum absolute atomic E-state index is 11.7. The fraction of sp³-hybridized carbons (Fsp3) is 0.667. The number of hydrogen-bond donors (Lipinski definition) is 0. The molecular weight excluding hydrogens is 254 g/mol. The van der Waals surface area contributed by atoms with E-state index in [2.05, 4.69) is 0 Å². The van der Waals surface area contributed by atoms with Crippen LogP contribution in [0.4, 0.5) is 0 Å². The number of halogens is 2. The van der Waals surface area contributed by atoms with Gasteiger partial charge in [0.05, 0.1) is 13.2 Å². The van der Waals surface area contributed by atoms with Crippen LogP contribution in [-0.2, 0) is 13.6 Å². The van der Waals surface area contributed by atoms with Gasteiger partial charge < -0.3 is 9.05 Å². The molecule has 0 rings (SSSR count). The van der Waals surface area contributed by atoms with Gasteiger partial charge in [0.15, 0.2) is 0 Å². The molecule has 7 heteroatoms. The topological polar surface area (TPSA) is 35.5 Å². The average Bonchev–Trinajstić information content (AvgIpc) is 2.02. The minimum atomic E-state index is -3.10. The van der Waals surface area contributed by atoms with Crippen LogP contribution < -0.4 is 0 Å². The van der Waals surface area contributed by atoms with Gasteiger partial charge in [0.25, 0.3) is 0 Å². The maximum Gasteiger partial charge on any atom is 0.393 e. The Labute approximate surface area is 92.0 Å². The quantitative estimate of drug-likeness (QED) is 0.675. The molecule has 0 bridgehead atoms. The Kier molecular flexibility index (Phi) is 7.61. The van der Waals surface area contributed by atoms with Gasteiger partial charge in [0.2, 0.25) is 0 Å². The zero-order valence-corrected chi connectivity index (χ0v) is 10.6. The van der Waals surface area contributed by atoms with Crippen LogP contribution in [0.2, 0.25) is 0 Å². The molecule has 0 amide bonds. The summed E-state index contributed by atoms with van der Waals surface area (Å²) in [7, 11) is 0. The van der Waals surface area contributed by atoms with Crippen molar-refractivity contribution in [2.24, 2.45) is 0 Å². The first-order valence-electron chi connectivity index (χ1n) is 3.62. The van der Waals surface area contributed by atoms with Crippen molar-refractivity contribution in [1.82, 2.24) is 0 Å². The minimum absolute atomic E-state index is 0.0321. The minimum Gasteiger partial charge on any atom is -0.301 e. The lowest BCUT2D eigenvalue weighted by atomic mass is 10.9. The Morgan fingerprint density at radius 3 is 2.15 bits per heavy atom. The van der Waals surface area contributed by atoms with Crippen molar-refractivity contribution in [1.29, 1.82) is 0 Å². The monoisotopic (exact) mass is 264 g/mol. The highest BCUT2D eigenvalue weighted by atomic mass is 35.5. The van der Waals surface area contributed by atoms with Gasteiger partial charge in [-0.05, 0) is 25.2 Å². The molecule has 3 nitrogen and oxygen atoms in total. The normalized spacial score (nSPS) is 11.4. The van der Waals surface area contributed by atoms with Gasteiger partial charge in [-0.25, -0.2) is 4.57 Å². The summed E-state index contributed by atoms with van der Waals surface area (Å²) in [6.07, 6.45) is 0. The van der Waals surface area contributed by atoms with E-state index < -0.39 is 6.80 Å². The molecule has 0 fully saturated rings. The molecule has 0 radical (unpaired) electrons. The van der Waals surface area contributed by atoms with Crippen LogP contribution in [0, 0.1) is 0 Å².